The van der Waals surface area contributed by atoms with Gasteiger partial charge in [-0.3, -0.25) is 4.79 Å². The molecule has 0 aromatic carbocycles. The number of halogens is 1. The Morgan fingerprint density at radius 2 is 2.12 bits per heavy atom. The number of methoxy groups -OCH3 is 1. The van der Waals surface area contributed by atoms with Crippen LogP contribution in [0.25, 0.3) is 0 Å². The van der Waals surface area contributed by atoms with E-state index in [-0.39, 0.29) is 11.7 Å². The Kier molecular flexibility index (Phi) is 8.04. The standard InChI is InChI=1S/C15H24ClN5O2S/c1-3-20-5-7-21(8-6-20)13-10-12(16)18-15(19-13)24-11-14(22)17-4-9-23-2/h10H,3-9,11H2,1-2H3,(H,17,22). The molecule has 7 nitrogen and oxygen atoms in total. The number of ether oxygens (including phenoxy) is 1. The zero-order chi connectivity index (χ0) is 17.4. The first-order valence-electron chi connectivity index (χ1n) is 8.02. The highest BCUT2D eigenvalue weighted by Gasteiger charge is 2.18. The molecule has 0 bridgehead atoms. The molecule has 1 aliphatic heterocycles. The van der Waals surface area contributed by atoms with Gasteiger partial charge in [-0.2, -0.15) is 0 Å². The number of carbonyl (C=O) groups excluding carboxylic acids is 1. The van der Waals surface area contributed by atoms with Crippen molar-refractivity contribution in [1.82, 2.24) is 20.2 Å². The number of nitrogens with zero attached hydrogens (tertiary/aromatic N) is 4. The monoisotopic (exact) mass is 373 g/mol. The van der Waals surface area contributed by atoms with Gasteiger partial charge in [-0.1, -0.05) is 30.3 Å². The quantitative estimate of drug-likeness (QED) is 0.317. The molecule has 0 radical (unpaired) electrons. The lowest BCUT2D eigenvalue weighted by Gasteiger charge is -2.34. The minimum atomic E-state index is -0.0706. The Balaban J connectivity index is 1.90. The zero-order valence-corrected chi connectivity index (χ0v) is 15.7. The number of hydrogen-bond acceptors (Lipinski definition) is 7. The van der Waals surface area contributed by atoms with E-state index in [1.807, 2.05) is 0 Å². The smallest absolute Gasteiger partial charge is 0.230 e. The summed E-state index contributed by atoms with van der Waals surface area (Å²) in [4.78, 5) is 25.1. The lowest BCUT2D eigenvalue weighted by molar-refractivity contribution is -0.118. The lowest BCUT2D eigenvalue weighted by Crippen LogP contribution is -2.46. The molecule has 134 valence electrons. The van der Waals surface area contributed by atoms with Crippen molar-refractivity contribution in [3.8, 4) is 0 Å². The van der Waals surface area contributed by atoms with Crippen LogP contribution in [0.15, 0.2) is 11.2 Å². The van der Waals surface area contributed by atoms with Gasteiger partial charge >= 0.3 is 0 Å². The van der Waals surface area contributed by atoms with Gasteiger partial charge in [-0.25, -0.2) is 9.97 Å². The Bertz CT molecular complexity index is 541. The Hall–Kier alpha value is -1.09. The van der Waals surface area contributed by atoms with Gasteiger partial charge in [-0.15, -0.1) is 0 Å². The van der Waals surface area contributed by atoms with Crippen molar-refractivity contribution in [3.05, 3.63) is 11.2 Å². The number of amides is 1. The van der Waals surface area contributed by atoms with Crippen molar-refractivity contribution >= 4 is 35.1 Å². The number of anilines is 1. The summed E-state index contributed by atoms with van der Waals surface area (Å²) < 4.78 is 4.90. The van der Waals surface area contributed by atoms with Crippen molar-refractivity contribution in [2.24, 2.45) is 0 Å². The summed E-state index contributed by atoms with van der Waals surface area (Å²) in [5.74, 6) is 1.01. The zero-order valence-electron chi connectivity index (χ0n) is 14.1. The van der Waals surface area contributed by atoms with Crippen LogP contribution in [0, 0.1) is 0 Å². The summed E-state index contributed by atoms with van der Waals surface area (Å²) in [7, 11) is 1.60. The Labute approximate surface area is 152 Å². The summed E-state index contributed by atoms with van der Waals surface area (Å²) in [5, 5.41) is 3.70. The summed E-state index contributed by atoms with van der Waals surface area (Å²) >= 11 is 7.41. The van der Waals surface area contributed by atoms with Gasteiger partial charge in [0.2, 0.25) is 5.91 Å². The molecule has 0 aliphatic carbocycles. The van der Waals surface area contributed by atoms with E-state index in [1.54, 1.807) is 13.2 Å². The summed E-state index contributed by atoms with van der Waals surface area (Å²) in [6.07, 6.45) is 0. The van der Waals surface area contributed by atoms with Crippen molar-refractivity contribution in [1.29, 1.82) is 0 Å². The normalized spacial score (nSPS) is 15.5. The molecule has 0 saturated carbocycles. The minimum Gasteiger partial charge on any atom is -0.383 e. The van der Waals surface area contributed by atoms with Gasteiger partial charge < -0.3 is 19.9 Å². The number of piperazine rings is 1. The number of likely N-dealkylation sites (N-methyl/N-ethyl adjacent to an activating group) is 1. The maximum Gasteiger partial charge on any atom is 0.230 e. The molecule has 2 rings (SSSR count). The first-order chi connectivity index (χ1) is 11.6. The fraction of sp³-hybridized carbons (Fsp3) is 0.667. The molecule has 1 N–H and O–H groups in total. The highest BCUT2D eigenvalue weighted by molar-refractivity contribution is 7.99. The molecule has 1 aromatic heterocycles. The maximum atomic E-state index is 11.7. The van der Waals surface area contributed by atoms with E-state index in [1.165, 1.54) is 11.8 Å². The second kappa shape index (κ2) is 10.0. The van der Waals surface area contributed by atoms with Crippen molar-refractivity contribution in [3.63, 3.8) is 0 Å². The molecule has 24 heavy (non-hydrogen) atoms. The number of thioether (sulfide) groups is 1. The summed E-state index contributed by atoms with van der Waals surface area (Å²) in [6, 6.07) is 1.78. The van der Waals surface area contributed by atoms with E-state index < -0.39 is 0 Å². The summed E-state index contributed by atoms with van der Waals surface area (Å²) in [6.45, 7) is 8.11. The molecular weight excluding hydrogens is 350 g/mol. The van der Waals surface area contributed by atoms with Crippen LogP contribution < -0.4 is 10.2 Å². The third kappa shape index (κ3) is 6.08. The van der Waals surface area contributed by atoms with Gasteiger partial charge in [-0.05, 0) is 6.54 Å². The van der Waals surface area contributed by atoms with Crippen LogP contribution in [0.3, 0.4) is 0 Å². The predicted molar refractivity (Wildman–Crippen MR) is 97.0 cm³/mol. The van der Waals surface area contributed by atoms with Crippen LogP contribution in [-0.2, 0) is 9.53 Å². The van der Waals surface area contributed by atoms with E-state index >= 15 is 0 Å². The first kappa shape index (κ1) is 19.2. The number of hydrogen-bond donors (Lipinski definition) is 1. The second-order valence-electron chi connectivity index (χ2n) is 5.38. The van der Waals surface area contributed by atoms with Crippen LogP contribution >= 0.6 is 23.4 Å². The predicted octanol–water partition coefficient (Wildman–Crippen LogP) is 1.13. The second-order valence-corrected chi connectivity index (χ2v) is 6.71. The van der Waals surface area contributed by atoms with E-state index in [4.69, 9.17) is 16.3 Å². The van der Waals surface area contributed by atoms with Crippen molar-refractivity contribution in [2.45, 2.75) is 12.1 Å². The van der Waals surface area contributed by atoms with Crippen molar-refractivity contribution in [2.75, 3.05) is 63.6 Å². The van der Waals surface area contributed by atoms with Crippen molar-refractivity contribution < 1.29 is 9.53 Å². The van der Waals surface area contributed by atoms with Crippen LogP contribution in [0.2, 0.25) is 5.15 Å². The average molecular weight is 374 g/mol. The molecule has 0 atom stereocenters. The topological polar surface area (TPSA) is 70.6 Å². The third-order valence-corrected chi connectivity index (χ3v) is 4.81. The molecule has 1 aliphatic rings. The third-order valence-electron chi connectivity index (χ3n) is 3.77. The number of rotatable bonds is 8. The number of aromatic nitrogens is 2. The van der Waals surface area contributed by atoms with Crippen LogP contribution in [0.1, 0.15) is 6.92 Å². The molecular formula is C15H24ClN5O2S. The lowest BCUT2D eigenvalue weighted by atomic mass is 10.3. The summed E-state index contributed by atoms with van der Waals surface area (Å²) in [5.41, 5.74) is 0. The fourth-order valence-corrected chi connectivity index (χ4v) is 3.29. The average Bonchev–Trinajstić information content (AvgIpc) is 2.60. The van der Waals surface area contributed by atoms with Gasteiger partial charge in [0.15, 0.2) is 5.16 Å². The highest BCUT2D eigenvalue weighted by atomic mass is 35.5. The van der Waals surface area contributed by atoms with Gasteiger partial charge in [0.05, 0.1) is 12.4 Å². The molecule has 0 unspecified atom stereocenters. The largest absolute Gasteiger partial charge is 0.383 e. The molecule has 1 aromatic rings. The van der Waals surface area contributed by atoms with E-state index in [2.05, 4.69) is 32.0 Å². The SMILES string of the molecule is CCN1CCN(c2cc(Cl)nc(SCC(=O)NCCOC)n2)CC1. The van der Waals surface area contributed by atoms with E-state index in [9.17, 15) is 4.79 Å². The van der Waals surface area contributed by atoms with E-state index in [0.29, 0.717) is 23.5 Å². The van der Waals surface area contributed by atoms with Gasteiger partial charge in [0.1, 0.15) is 11.0 Å². The van der Waals surface area contributed by atoms with Gasteiger partial charge in [0.25, 0.3) is 0 Å². The highest BCUT2D eigenvalue weighted by Crippen LogP contribution is 2.22. The van der Waals surface area contributed by atoms with Gasteiger partial charge in [0, 0.05) is 45.9 Å². The maximum absolute atomic E-state index is 11.7. The fourth-order valence-electron chi connectivity index (χ4n) is 2.38. The molecule has 1 amide bonds. The van der Waals surface area contributed by atoms with Crippen LogP contribution in [0.4, 0.5) is 5.82 Å². The Morgan fingerprint density at radius 3 is 2.79 bits per heavy atom. The van der Waals surface area contributed by atoms with Crippen LogP contribution in [0.5, 0.6) is 0 Å². The van der Waals surface area contributed by atoms with E-state index in [0.717, 1.165) is 38.5 Å². The molecule has 0 spiro atoms. The first-order valence-corrected chi connectivity index (χ1v) is 9.39. The molecule has 1 fully saturated rings. The number of nitrogens with one attached hydrogen (secondary N) is 1. The minimum absolute atomic E-state index is 0.0706. The molecule has 9 heteroatoms. The number of carbonyl (C=O) groups is 1. The Morgan fingerprint density at radius 1 is 1.38 bits per heavy atom. The molecule has 2 heterocycles. The van der Waals surface area contributed by atoms with Crippen LogP contribution in [-0.4, -0.2) is 79.5 Å². The molecule has 1 saturated heterocycles.